The van der Waals surface area contributed by atoms with Crippen LogP contribution < -0.4 is 5.32 Å². The summed E-state index contributed by atoms with van der Waals surface area (Å²) in [6, 6.07) is 13.6. The van der Waals surface area contributed by atoms with Gasteiger partial charge in [0.05, 0.1) is 18.1 Å². The van der Waals surface area contributed by atoms with Gasteiger partial charge in [0.25, 0.3) is 11.6 Å². The van der Waals surface area contributed by atoms with Crippen LogP contribution in [0.2, 0.25) is 0 Å². The lowest BCUT2D eigenvalue weighted by Crippen LogP contribution is -2.48. The van der Waals surface area contributed by atoms with E-state index in [-0.39, 0.29) is 30.9 Å². The minimum atomic E-state index is -1.15. The molecule has 3 rings (SSSR count). The first-order chi connectivity index (χ1) is 13.5. The number of carboxylic acid groups (broad SMARTS) is 1. The quantitative estimate of drug-likeness (QED) is 0.577. The second kappa shape index (κ2) is 8.49. The van der Waals surface area contributed by atoms with Crippen molar-refractivity contribution in [3.05, 3.63) is 69.8 Å². The summed E-state index contributed by atoms with van der Waals surface area (Å²) in [4.78, 5) is 36.0. The van der Waals surface area contributed by atoms with Crippen molar-refractivity contribution < 1.29 is 24.4 Å². The van der Waals surface area contributed by atoms with Crippen molar-refractivity contribution in [2.24, 2.45) is 0 Å². The Morgan fingerprint density at radius 3 is 2.68 bits per heavy atom. The number of nitrogens with one attached hydrogen (secondary N) is 1. The fourth-order valence-electron chi connectivity index (χ4n) is 2.92. The molecule has 1 heterocycles. The maximum absolute atomic E-state index is 12.7. The number of anilines is 1. The number of hydrogen-bond donors (Lipinski definition) is 2. The number of nitro benzene ring substituents is 1. The summed E-state index contributed by atoms with van der Waals surface area (Å²) in [7, 11) is 0. The summed E-state index contributed by atoms with van der Waals surface area (Å²) in [5, 5.41) is 23.5. The molecule has 1 fully saturated rings. The molecule has 1 unspecified atom stereocenters. The predicted molar refractivity (Wildman–Crippen MR) is 100 cm³/mol. The number of ether oxygens (including phenoxy) is 1. The third-order valence-electron chi connectivity index (χ3n) is 4.40. The Hall–Kier alpha value is -3.46. The Morgan fingerprint density at radius 2 is 2.00 bits per heavy atom. The highest BCUT2D eigenvalue weighted by molar-refractivity contribution is 5.96. The van der Waals surface area contributed by atoms with Crippen LogP contribution in [-0.4, -0.2) is 52.6 Å². The number of amides is 1. The lowest BCUT2D eigenvalue weighted by Gasteiger charge is -2.30. The largest absolute Gasteiger partial charge is 0.479 e. The fraction of sp³-hybridized carbons (Fsp3) is 0.263. The molecular formula is C19H19N3O6. The number of aliphatic carboxylic acids is 1. The van der Waals surface area contributed by atoms with Crippen LogP contribution in [-0.2, 0) is 16.1 Å². The first-order valence-electron chi connectivity index (χ1n) is 8.65. The zero-order valence-electron chi connectivity index (χ0n) is 14.9. The molecule has 1 saturated heterocycles. The van der Waals surface area contributed by atoms with Gasteiger partial charge in [-0.1, -0.05) is 30.3 Å². The predicted octanol–water partition coefficient (Wildman–Crippen LogP) is 2.13. The van der Waals surface area contributed by atoms with Gasteiger partial charge in [0.2, 0.25) is 0 Å². The number of benzene rings is 2. The highest BCUT2D eigenvalue weighted by Gasteiger charge is 2.30. The Bertz CT molecular complexity index is 886. The first kappa shape index (κ1) is 19.3. The van der Waals surface area contributed by atoms with Crippen LogP contribution in [0.15, 0.2) is 48.5 Å². The van der Waals surface area contributed by atoms with Gasteiger partial charge >= 0.3 is 5.97 Å². The lowest BCUT2D eigenvalue weighted by molar-refractivity contribution is -0.384. The van der Waals surface area contributed by atoms with Crippen molar-refractivity contribution in [1.29, 1.82) is 0 Å². The molecule has 2 N–H and O–H groups in total. The van der Waals surface area contributed by atoms with Gasteiger partial charge in [0.15, 0.2) is 6.10 Å². The third kappa shape index (κ3) is 4.44. The third-order valence-corrected chi connectivity index (χ3v) is 4.40. The summed E-state index contributed by atoms with van der Waals surface area (Å²) in [5.41, 5.74) is 1.17. The smallest absolute Gasteiger partial charge is 0.334 e. The van der Waals surface area contributed by atoms with E-state index in [2.05, 4.69) is 5.32 Å². The zero-order chi connectivity index (χ0) is 20.1. The van der Waals surface area contributed by atoms with Crippen molar-refractivity contribution in [2.45, 2.75) is 12.6 Å². The van der Waals surface area contributed by atoms with Crippen molar-refractivity contribution >= 4 is 23.3 Å². The first-order valence-corrected chi connectivity index (χ1v) is 8.65. The molecule has 1 atom stereocenters. The molecule has 0 aliphatic carbocycles. The molecule has 1 aliphatic rings. The van der Waals surface area contributed by atoms with Crippen LogP contribution in [0.25, 0.3) is 0 Å². The van der Waals surface area contributed by atoms with E-state index in [4.69, 9.17) is 9.84 Å². The molecule has 1 amide bonds. The van der Waals surface area contributed by atoms with E-state index in [9.17, 15) is 19.7 Å². The number of carbonyl (C=O) groups is 2. The minimum Gasteiger partial charge on any atom is -0.479 e. The molecule has 9 nitrogen and oxygen atoms in total. The summed E-state index contributed by atoms with van der Waals surface area (Å²) in [5.74, 6) is -1.61. The normalized spacial score (nSPS) is 16.4. The Kier molecular flexibility index (Phi) is 5.85. The Balaban J connectivity index is 1.77. The fourth-order valence-corrected chi connectivity index (χ4v) is 2.92. The summed E-state index contributed by atoms with van der Waals surface area (Å²) >= 11 is 0. The van der Waals surface area contributed by atoms with Gasteiger partial charge in [0.1, 0.15) is 5.69 Å². The molecule has 0 aromatic heterocycles. The number of morpholine rings is 1. The van der Waals surface area contributed by atoms with E-state index in [0.717, 1.165) is 5.56 Å². The van der Waals surface area contributed by atoms with E-state index in [1.165, 1.54) is 23.1 Å². The minimum absolute atomic E-state index is 0.0987. The van der Waals surface area contributed by atoms with Gasteiger partial charge in [-0.25, -0.2) is 4.79 Å². The number of hydrogen-bond acceptors (Lipinski definition) is 6. The van der Waals surface area contributed by atoms with Gasteiger partial charge in [-0.2, -0.15) is 0 Å². The number of nitrogens with zero attached hydrogens (tertiary/aromatic N) is 2. The van der Waals surface area contributed by atoms with Gasteiger partial charge in [0, 0.05) is 24.7 Å². The van der Waals surface area contributed by atoms with Crippen LogP contribution in [0, 0.1) is 10.1 Å². The SMILES string of the molecule is O=C(O)C1CN(C(=O)c2ccc(NCc3ccccc3)c([N+](=O)[O-])c2)CCO1. The van der Waals surface area contributed by atoms with Gasteiger partial charge in [-0.05, 0) is 17.7 Å². The lowest BCUT2D eigenvalue weighted by atomic mass is 10.1. The Labute approximate surface area is 160 Å². The van der Waals surface area contributed by atoms with E-state index in [0.29, 0.717) is 12.2 Å². The van der Waals surface area contributed by atoms with Crippen LogP contribution >= 0.6 is 0 Å². The van der Waals surface area contributed by atoms with Crippen LogP contribution in [0.1, 0.15) is 15.9 Å². The topological polar surface area (TPSA) is 122 Å². The monoisotopic (exact) mass is 385 g/mol. The van der Waals surface area contributed by atoms with Crippen LogP contribution in [0.3, 0.4) is 0 Å². The number of carboxylic acids is 1. The maximum atomic E-state index is 12.7. The average molecular weight is 385 g/mol. The van der Waals surface area contributed by atoms with Crippen molar-refractivity contribution in [3.63, 3.8) is 0 Å². The van der Waals surface area contributed by atoms with E-state index in [1.54, 1.807) is 0 Å². The van der Waals surface area contributed by atoms with E-state index in [1.807, 2.05) is 30.3 Å². The molecule has 0 saturated carbocycles. The Morgan fingerprint density at radius 1 is 1.25 bits per heavy atom. The van der Waals surface area contributed by atoms with Crippen molar-refractivity contribution in [1.82, 2.24) is 4.90 Å². The molecule has 0 spiro atoms. The molecule has 0 radical (unpaired) electrons. The zero-order valence-corrected chi connectivity index (χ0v) is 14.9. The maximum Gasteiger partial charge on any atom is 0.334 e. The van der Waals surface area contributed by atoms with Crippen molar-refractivity contribution in [2.75, 3.05) is 25.0 Å². The van der Waals surface area contributed by atoms with E-state index < -0.39 is 22.9 Å². The van der Waals surface area contributed by atoms with Gasteiger partial charge in [-0.3, -0.25) is 14.9 Å². The van der Waals surface area contributed by atoms with Crippen molar-refractivity contribution in [3.8, 4) is 0 Å². The second-order valence-electron chi connectivity index (χ2n) is 6.28. The summed E-state index contributed by atoms with van der Waals surface area (Å²) in [6.07, 6.45) is -1.10. The molecular weight excluding hydrogens is 366 g/mol. The molecule has 9 heteroatoms. The van der Waals surface area contributed by atoms with E-state index >= 15 is 0 Å². The highest BCUT2D eigenvalue weighted by Crippen LogP contribution is 2.27. The molecule has 28 heavy (non-hydrogen) atoms. The molecule has 2 aromatic carbocycles. The second-order valence-corrected chi connectivity index (χ2v) is 6.28. The number of carbonyl (C=O) groups excluding carboxylic acids is 1. The number of nitro groups is 1. The van der Waals surface area contributed by atoms with Gasteiger partial charge < -0.3 is 20.1 Å². The van der Waals surface area contributed by atoms with Crippen LogP contribution in [0.4, 0.5) is 11.4 Å². The molecule has 1 aliphatic heterocycles. The van der Waals surface area contributed by atoms with Gasteiger partial charge in [-0.15, -0.1) is 0 Å². The summed E-state index contributed by atoms with van der Waals surface area (Å²) in [6.45, 7) is 0.626. The standard InChI is InChI=1S/C19H19N3O6/c23-18(21-8-9-28-17(12-21)19(24)25)14-6-7-15(16(10-14)22(26)27)20-11-13-4-2-1-3-5-13/h1-7,10,17,20H,8-9,11-12H2,(H,24,25). The molecule has 0 bridgehead atoms. The molecule has 2 aromatic rings. The highest BCUT2D eigenvalue weighted by atomic mass is 16.6. The number of rotatable bonds is 6. The van der Waals surface area contributed by atoms with Crippen LogP contribution in [0.5, 0.6) is 0 Å². The summed E-state index contributed by atoms with van der Waals surface area (Å²) < 4.78 is 5.10. The molecule has 146 valence electrons. The average Bonchev–Trinajstić information content (AvgIpc) is 2.72.